The minimum atomic E-state index is -4.85. The lowest BCUT2D eigenvalue weighted by Crippen LogP contribution is -2.54. The van der Waals surface area contributed by atoms with Crippen molar-refractivity contribution in [3.05, 3.63) is 101 Å². The second kappa shape index (κ2) is 14.1. The van der Waals surface area contributed by atoms with Crippen molar-refractivity contribution in [1.82, 2.24) is 10.2 Å². The molecule has 3 aromatic carbocycles. The van der Waals surface area contributed by atoms with E-state index in [2.05, 4.69) is 5.32 Å². The summed E-state index contributed by atoms with van der Waals surface area (Å²) in [7, 11) is -4.25. The molecule has 0 aromatic heterocycles. The smallest absolute Gasteiger partial charge is 0.352 e. The molecule has 3 rings (SSSR count). The molecule has 12 heteroatoms. The molecule has 0 saturated carbocycles. The largest absolute Gasteiger partial charge is 0.417 e. The minimum absolute atomic E-state index is 0.0445. The van der Waals surface area contributed by atoms with Crippen molar-refractivity contribution in [2.24, 2.45) is 0 Å². The van der Waals surface area contributed by atoms with Crippen molar-refractivity contribution in [3.8, 4) is 0 Å². The van der Waals surface area contributed by atoms with Gasteiger partial charge in [0.25, 0.3) is 0 Å². The number of alkyl halides is 3. The van der Waals surface area contributed by atoms with Gasteiger partial charge in [0.2, 0.25) is 21.8 Å². The number of amides is 2. The first-order valence-electron chi connectivity index (χ1n) is 13.2. The Morgan fingerprint density at radius 2 is 1.52 bits per heavy atom. The van der Waals surface area contributed by atoms with Crippen molar-refractivity contribution in [2.75, 3.05) is 17.1 Å². The minimum Gasteiger partial charge on any atom is -0.352 e. The average molecular weight is 624 g/mol. The molecule has 0 saturated heterocycles. The standard InChI is InChI=1S/C30H33ClF3N3O4S/c1-4-21(2)35-29(39)27(17-22-11-7-5-8-12-22)36(19-23-13-9-6-10-14-23)28(38)20-37(42(3,40)41)24-15-16-26(31)25(18-24)30(32,33)34/h5-16,18,21,27H,4,17,19-20H2,1-3H3,(H,35,39)/t21-,27+/m1/s1. The number of hydrogen-bond acceptors (Lipinski definition) is 4. The van der Waals surface area contributed by atoms with Gasteiger partial charge in [-0.1, -0.05) is 79.2 Å². The van der Waals surface area contributed by atoms with Crippen LogP contribution in [0.15, 0.2) is 78.9 Å². The third-order valence-electron chi connectivity index (χ3n) is 6.69. The number of carbonyl (C=O) groups is 2. The van der Waals surface area contributed by atoms with E-state index in [1.807, 2.05) is 32.0 Å². The van der Waals surface area contributed by atoms with Crippen LogP contribution in [0.2, 0.25) is 5.02 Å². The topological polar surface area (TPSA) is 86.8 Å². The molecule has 2 atom stereocenters. The van der Waals surface area contributed by atoms with Crippen molar-refractivity contribution >= 4 is 39.1 Å². The molecular formula is C30H33ClF3N3O4S. The fraction of sp³-hybridized carbons (Fsp3) is 0.333. The first-order chi connectivity index (χ1) is 19.7. The Morgan fingerprint density at radius 3 is 2.05 bits per heavy atom. The molecule has 1 N–H and O–H groups in total. The monoisotopic (exact) mass is 623 g/mol. The molecule has 0 spiro atoms. The predicted octanol–water partition coefficient (Wildman–Crippen LogP) is 5.68. The Kier molecular flexibility index (Phi) is 11.0. The maximum absolute atomic E-state index is 14.0. The van der Waals surface area contributed by atoms with E-state index in [0.29, 0.717) is 22.4 Å². The zero-order chi connectivity index (χ0) is 31.1. The van der Waals surface area contributed by atoms with E-state index in [1.54, 1.807) is 42.5 Å². The fourth-order valence-corrected chi connectivity index (χ4v) is 5.34. The molecule has 42 heavy (non-hydrogen) atoms. The van der Waals surface area contributed by atoms with Gasteiger partial charge >= 0.3 is 6.18 Å². The number of nitrogens with one attached hydrogen (secondary N) is 1. The second-order valence-electron chi connectivity index (χ2n) is 9.96. The van der Waals surface area contributed by atoms with Crippen molar-refractivity contribution in [1.29, 1.82) is 0 Å². The zero-order valence-electron chi connectivity index (χ0n) is 23.4. The normalized spacial score (nSPS) is 13.2. The third kappa shape index (κ3) is 8.96. The predicted molar refractivity (Wildman–Crippen MR) is 157 cm³/mol. The first-order valence-corrected chi connectivity index (χ1v) is 15.5. The van der Waals surface area contributed by atoms with Crippen LogP contribution in [0.4, 0.5) is 18.9 Å². The second-order valence-corrected chi connectivity index (χ2v) is 12.3. The van der Waals surface area contributed by atoms with E-state index >= 15 is 0 Å². The lowest BCUT2D eigenvalue weighted by molar-refractivity contribution is -0.140. The molecule has 3 aromatic rings. The summed E-state index contributed by atoms with van der Waals surface area (Å²) in [5.74, 6) is -1.21. The molecule has 0 bridgehead atoms. The number of anilines is 1. The van der Waals surface area contributed by atoms with Crippen LogP contribution in [-0.4, -0.2) is 50.0 Å². The van der Waals surface area contributed by atoms with Crippen LogP contribution in [0, 0.1) is 0 Å². The van der Waals surface area contributed by atoms with Crippen molar-refractivity contribution in [2.45, 2.75) is 51.5 Å². The summed E-state index contributed by atoms with van der Waals surface area (Å²) >= 11 is 5.75. The van der Waals surface area contributed by atoms with Gasteiger partial charge in [0.05, 0.1) is 22.5 Å². The number of rotatable bonds is 12. The van der Waals surface area contributed by atoms with Gasteiger partial charge < -0.3 is 10.2 Å². The van der Waals surface area contributed by atoms with Gasteiger partial charge in [0.1, 0.15) is 12.6 Å². The summed E-state index contributed by atoms with van der Waals surface area (Å²) in [6, 6.07) is 19.2. The summed E-state index contributed by atoms with van der Waals surface area (Å²) in [6.07, 6.45) is -3.30. The average Bonchev–Trinajstić information content (AvgIpc) is 2.93. The fourth-order valence-electron chi connectivity index (χ4n) is 4.27. The summed E-state index contributed by atoms with van der Waals surface area (Å²) in [5, 5.41) is 2.30. The van der Waals surface area contributed by atoms with Gasteiger partial charge in [-0.15, -0.1) is 0 Å². The number of carbonyl (C=O) groups excluding carboxylic acids is 2. The Hall–Kier alpha value is -3.57. The number of hydrogen-bond donors (Lipinski definition) is 1. The van der Waals surface area contributed by atoms with Crippen LogP contribution in [0.3, 0.4) is 0 Å². The van der Waals surface area contributed by atoms with Crippen LogP contribution < -0.4 is 9.62 Å². The van der Waals surface area contributed by atoms with Crippen LogP contribution in [0.5, 0.6) is 0 Å². The summed E-state index contributed by atoms with van der Waals surface area (Å²) in [5.41, 5.74) is -0.179. The van der Waals surface area contributed by atoms with Crippen molar-refractivity contribution in [3.63, 3.8) is 0 Å². The van der Waals surface area contributed by atoms with Crippen LogP contribution in [0.25, 0.3) is 0 Å². The molecule has 0 heterocycles. The molecule has 7 nitrogen and oxygen atoms in total. The van der Waals surface area contributed by atoms with Gasteiger partial charge in [-0.05, 0) is 42.7 Å². The van der Waals surface area contributed by atoms with Gasteiger partial charge in [0, 0.05) is 19.0 Å². The molecule has 226 valence electrons. The molecule has 0 aliphatic rings. The lowest BCUT2D eigenvalue weighted by atomic mass is 10.0. The summed E-state index contributed by atoms with van der Waals surface area (Å²) in [4.78, 5) is 28.9. The highest BCUT2D eigenvalue weighted by Gasteiger charge is 2.36. The maximum atomic E-state index is 14.0. The van der Waals surface area contributed by atoms with Crippen LogP contribution in [-0.2, 0) is 38.8 Å². The SMILES string of the molecule is CC[C@@H](C)NC(=O)[C@H](Cc1ccccc1)N(Cc1ccccc1)C(=O)CN(c1ccc(Cl)c(C(F)(F)F)c1)S(C)(=O)=O. The number of benzene rings is 3. The molecular weight excluding hydrogens is 591 g/mol. The van der Waals surface area contributed by atoms with E-state index in [1.165, 1.54) is 4.90 Å². The Bertz CT molecular complexity index is 1470. The van der Waals surface area contributed by atoms with E-state index in [-0.39, 0.29) is 24.7 Å². The third-order valence-corrected chi connectivity index (χ3v) is 8.16. The highest BCUT2D eigenvalue weighted by molar-refractivity contribution is 7.92. The van der Waals surface area contributed by atoms with Gasteiger partial charge in [0.15, 0.2) is 0 Å². The molecule has 0 fully saturated rings. The number of nitrogens with zero attached hydrogens (tertiary/aromatic N) is 2. The van der Waals surface area contributed by atoms with Crippen LogP contribution >= 0.6 is 11.6 Å². The van der Waals surface area contributed by atoms with E-state index in [4.69, 9.17) is 11.6 Å². The Balaban J connectivity index is 2.08. The number of halogens is 4. The molecule has 2 amide bonds. The van der Waals surface area contributed by atoms with Gasteiger partial charge in [-0.3, -0.25) is 13.9 Å². The van der Waals surface area contributed by atoms with Gasteiger partial charge in [-0.25, -0.2) is 8.42 Å². The van der Waals surface area contributed by atoms with Gasteiger partial charge in [-0.2, -0.15) is 13.2 Å². The highest BCUT2D eigenvalue weighted by atomic mass is 35.5. The van der Waals surface area contributed by atoms with Crippen molar-refractivity contribution < 1.29 is 31.2 Å². The molecule has 0 unspecified atom stereocenters. The summed E-state index contributed by atoms with van der Waals surface area (Å²) < 4.78 is 67.0. The lowest BCUT2D eigenvalue weighted by Gasteiger charge is -2.34. The quantitative estimate of drug-likeness (QED) is 0.281. The molecule has 0 radical (unpaired) electrons. The molecule has 0 aliphatic carbocycles. The van der Waals surface area contributed by atoms with Crippen LogP contribution in [0.1, 0.15) is 37.0 Å². The Morgan fingerprint density at radius 1 is 0.952 bits per heavy atom. The first kappa shape index (κ1) is 32.9. The van der Waals surface area contributed by atoms with E-state index in [0.717, 1.165) is 24.0 Å². The number of sulfonamides is 1. The zero-order valence-corrected chi connectivity index (χ0v) is 25.0. The highest BCUT2D eigenvalue weighted by Crippen LogP contribution is 2.37. The molecule has 0 aliphatic heterocycles. The van der Waals surface area contributed by atoms with E-state index in [9.17, 15) is 31.2 Å². The Labute approximate surface area is 249 Å². The maximum Gasteiger partial charge on any atom is 0.417 e. The van der Waals surface area contributed by atoms with E-state index < -0.39 is 51.2 Å². The summed E-state index contributed by atoms with van der Waals surface area (Å²) in [6.45, 7) is 2.84.